The number of hydrogen-bond acceptors (Lipinski definition) is 3. The second-order valence-electron chi connectivity index (χ2n) is 4.94. The van der Waals surface area contributed by atoms with Gasteiger partial charge in [-0.1, -0.05) is 6.07 Å². The summed E-state index contributed by atoms with van der Waals surface area (Å²) in [5, 5.41) is 9.74. The van der Waals surface area contributed by atoms with Crippen LogP contribution in [0.1, 0.15) is 25.0 Å². The molecule has 104 valence electrons. The second-order valence-corrected chi connectivity index (χ2v) is 4.94. The van der Waals surface area contributed by atoms with Gasteiger partial charge >= 0.3 is 0 Å². The van der Waals surface area contributed by atoms with Crippen molar-refractivity contribution in [3.05, 3.63) is 29.6 Å². The van der Waals surface area contributed by atoms with Crippen molar-refractivity contribution >= 4 is 11.6 Å². The number of carbonyl (C=O) groups excluding carboxylic acids is 1. The van der Waals surface area contributed by atoms with Crippen molar-refractivity contribution < 1.29 is 14.3 Å². The van der Waals surface area contributed by atoms with Gasteiger partial charge in [0.1, 0.15) is 5.82 Å². The van der Waals surface area contributed by atoms with Crippen molar-refractivity contribution in [2.75, 3.05) is 31.6 Å². The standard InChI is InChI=1S/C14H19FN2O2/c1-10(18)14-11(15)5-3-6-12(14)17-8-4-7-16(2)13(19)9-17/h3,5-6,10,18H,4,7-9H2,1-2H3/t10-/m0/s1. The number of aliphatic hydroxyl groups is 1. The molecule has 1 N–H and O–H groups in total. The van der Waals surface area contributed by atoms with Gasteiger partial charge in [-0.25, -0.2) is 4.39 Å². The van der Waals surface area contributed by atoms with E-state index in [-0.39, 0.29) is 18.0 Å². The molecule has 1 atom stereocenters. The Morgan fingerprint density at radius 2 is 2.11 bits per heavy atom. The Morgan fingerprint density at radius 3 is 2.79 bits per heavy atom. The first-order chi connectivity index (χ1) is 9.00. The summed E-state index contributed by atoms with van der Waals surface area (Å²) >= 11 is 0. The predicted octanol–water partition coefficient (Wildman–Crippen LogP) is 1.55. The number of carbonyl (C=O) groups is 1. The summed E-state index contributed by atoms with van der Waals surface area (Å²) in [6.07, 6.45) is -0.0647. The first-order valence-corrected chi connectivity index (χ1v) is 6.46. The van der Waals surface area contributed by atoms with Gasteiger partial charge in [-0.05, 0) is 25.5 Å². The molecule has 1 heterocycles. The van der Waals surface area contributed by atoms with Gasteiger partial charge in [0.25, 0.3) is 0 Å². The van der Waals surface area contributed by atoms with Crippen LogP contribution in [0, 0.1) is 5.82 Å². The summed E-state index contributed by atoms with van der Waals surface area (Å²) < 4.78 is 13.8. The van der Waals surface area contributed by atoms with Crippen LogP contribution in [0.5, 0.6) is 0 Å². The molecule has 2 rings (SSSR count). The molecule has 0 saturated carbocycles. The third kappa shape index (κ3) is 2.87. The first-order valence-electron chi connectivity index (χ1n) is 6.46. The van der Waals surface area contributed by atoms with Crippen LogP contribution >= 0.6 is 0 Å². The van der Waals surface area contributed by atoms with E-state index in [1.807, 2.05) is 4.90 Å². The van der Waals surface area contributed by atoms with E-state index in [0.29, 0.717) is 18.8 Å². The molecule has 0 aromatic heterocycles. The summed E-state index contributed by atoms with van der Waals surface area (Å²) in [5.74, 6) is -0.421. The number of rotatable bonds is 2. The van der Waals surface area contributed by atoms with E-state index in [4.69, 9.17) is 0 Å². The highest BCUT2D eigenvalue weighted by atomic mass is 19.1. The summed E-state index contributed by atoms with van der Waals surface area (Å²) in [4.78, 5) is 15.4. The molecule has 0 bridgehead atoms. The molecule has 19 heavy (non-hydrogen) atoms. The van der Waals surface area contributed by atoms with Gasteiger partial charge in [0.15, 0.2) is 0 Å². The fourth-order valence-corrected chi connectivity index (χ4v) is 2.41. The van der Waals surface area contributed by atoms with E-state index in [1.165, 1.54) is 13.0 Å². The van der Waals surface area contributed by atoms with Crippen molar-refractivity contribution in [1.82, 2.24) is 4.90 Å². The van der Waals surface area contributed by atoms with Crippen LogP contribution in [0.3, 0.4) is 0 Å². The molecule has 1 aliphatic rings. The third-order valence-corrected chi connectivity index (χ3v) is 3.46. The molecule has 0 aliphatic carbocycles. The van der Waals surface area contributed by atoms with Crippen LogP contribution < -0.4 is 4.90 Å². The SMILES string of the molecule is C[C@H](O)c1c(F)cccc1N1CCCN(C)C(=O)C1. The zero-order valence-electron chi connectivity index (χ0n) is 11.3. The van der Waals surface area contributed by atoms with E-state index in [1.54, 1.807) is 24.1 Å². The smallest absolute Gasteiger partial charge is 0.241 e. The lowest BCUT2D eigenvalue weighted by Gasteiger charge is -2.26. The quantitative estimate of drug-likeness (QED) is 0.883. The van der Waals surface area contributed by atoms with Gasteiger partial charge in [-0.15, -0.1) is 0 Å². The van der Waals surface area contributed by atoms with Gasteiger partial charge < -0.3 is 14.9 Å². The molecule has 1 fully saturated rings. The molecule has 5 heteroatoms. The van der Waals surface area contributed by atoms with Crippen molar-refractivity contribution in [2.45, 2.75) is 19.4 Å². The number of benzene rings is 1. The number of nitrogens with zero attached hydrogens (tertiary/aromatic N) is 2. The zero-order chi connectivity index (χ0) is 14.0. The lowest BCUT2D eigenvalue weighted by Crippen LogP contribution is -2.35. The maximum atomic E-state index is 13.8. The Morgan fingerprint density at radius 1 is 1.37 bits per heavy atom. The Hall–Kier alpha value is -1.62. The van der Waals surface area contributed by atoms with Crippen LogP contribution in [-0.2, 0) is 4.79 Å². The number of anilines is 1. The van der Waals surface area contributed by atoms with E-state index in [0.717, 1.165) is 6.42 Å². The highest BCUT2D eigenvalue weighted by molar-refractivity contribution is 5.82. The average Bonchev–Trinajstić information content (AvgIpc) is 2.51. The van der Waals surface area contributed by atoms with Crippen molar-refractivity contribution in [3.63, 3.8) is 0 Å². The summed E-state index contributed by atoms with van der Waals surface area (Å²) in [6.45, 7) is 3.14. The third-order valence-electron chi connectivity index (χ3n) is 3.46. The number of likely N-dealkylation sites (N-methyl/N-ethyl adjacent to an activating group) is 1. The average molecular weight is 266 g/mol. The minimum atomic E-state index is -0.896. The molecule has 0 spiro atoms. The topological polar surface area (TPSA) is 43.8 Å². The van der Waals surface area contributed by atoms with Gasteiger partial charge in [0.05, 0.1) is 12.6 Å². The van der Waals surface area contributed by atoms with Crippen molar-refractivity contribution in [1.29, 1.82) is 0 Å². The van der Waals surface area contributed by atoms with Crippen molar-refractivity contribution in [3.8, 4) is 0 Å². The predicted molar refractivity (Wildman–Crippen MR) is 71.5 cm³/mol. The van der Waals surface area contributed by atoms with Crippen LogP contribution in [0.2, 0.25) is 0 Å². The van der Waals surface area contributed by atoms with Crippen LogP contribution in [0.15, 0.2) is 18.2 Å². The van der Waals surface area contributed by atoms with Gasteiger partial charge in [0, 0.05) is 31.4 Å². The molecule has 1 aromatic carbocycles. The molecule has 4 nitrogen and oxygen atoms in total. The molecule has 0 radical (unpaired) electrons. The minimum absolute atomic E-state index is 0.0123. The van der Waals surface area contributed by atoms with E-state index in [2.05, 4.69) is 0 Å². The number of halogens is 1. The van der Waals surface area contributed by atoms with E-state index >= 15 is 0 Å². The maximum Gasteiger partial charge on any atom is 0.241 e. The molecule has 0 unspecified atom stereocenters. The Bertz CT molecular complexity index is 477. The lowest BCUT2D eigenvalue weighted by molar-refractivity contribution is -0.127. The normalized spacial score (nSPS) is 18.4. The molecule has 1 aliphatic heterocycles. The second kappa shape index (κ2) is 5.57. The van der Waals surface area contributed by atoms with Crippen LogP contribution in [0.25, 0.3) is 0 Å². The zero-order valence-corrected chi connectivity index (χ0v) is 11.3. The Labute approximate surface area is 112 Å². The minimum Gasteiger partial charge on any atom is -0.389 e. The lowest BCUT2D eigenvalue weighted by atomic mass is 10.1. The molecule has 1 aromatic rings. The summed E-state index contributed by atoms with van der Waals surface area (Å²) in [6, 6.07) is 4.69. The monoisotopic (exact) mass is 266 g/mol. The van der Waals surface area contributed by atoms with Gasteiger partial charge in [0.2, 0.25) is 5.91 Å². The fraction of sp³-hybridized carbons (Fsp3) is 0.500. The van der Waals surface area contributed by atoms with Gasteiger partial charge in [-0.2, -0.15) is 0 Å². The number of aliphatic hydroxyl groups excluding tert-OH is 1. The molecule has 1 saturated heterocycles. The highest BCUT2D eigenvalue weighted by Crippen LogP contribution is 2.29. The number of hydrogen-bond donors (Lipinski definition) is 1. The van der Waals surface area contributed by atoms with Crippen LogP contribution in [0.4, 0.5) is 10.1 Å². The summed E-state index contributed by atoms with van der Waals surface area (Å²) in [7, 11) is 1.77. The van der Waals surface area contributed by atoms with E-state index in [9.17, 15) is 14.3 Å². The number of amides is 1. The van der Waals surface area contributed by atoms with Gasteiger partial charge in [-0.3, -0.25) is 4.79 Å². The van der Waals surface area contributed by atoms with Crippen LogP contribution in [-0.4, -0.2) is 42.6 Å². The Kier molecular flexibility index (Phi) is 4.04. The van der Waals surface area contributed by atoms with Crippen molar-refractivity contribution in [2.24, 2.45) is 0 Å². The highest BCUT2D eigenvalue weighted by Gasteiger charge is 2.23. The Balaban J connectivity index is 2.36. The van der Waals surface area contributed by atoms with E-state index < -0.39 is 11.9 Å². The summed E-state index contributed by atoms with van der Waals surface area (Å²) in [5.41, 5.74) is 0.874. The fourth-order valence-electron chi connectivity index (χ4n) is 2.41. The molecular weight excluding hydrogens is 247 g/mol. The first kappa shape index (κ1) is 13.8. The molecule has 1 amide bonds. The maximum absolute atomic E-state index is 13.8. The largest absolute Gasteiger partial charge is 0.389 e. The molecular formula is C14H19FN2O2.